The molecule has 0 aliphatic carbocycles. The number of ether oxygens (including phenoxy) is 2. The van der Waals surface area contributed by atoms with Gasteiger partial charge >= 0.3 is 0 Å². The summed E-state index contributed by atoms with van der Waals surface area (Å²) >= 11 is 7.80. The fourth-order valence-corrected chi connectivity index (χ4v) is 3.37. The van der Waals surface area contributed by atoms with Crippen LogP contribution in [0.1, 0.15) is 5.56 Å². The molecule has 3 nitrogen and oxygen atoms in total. The maximum absolute atomic E-state index is 6.17. The smallest absolute Gasteiger partial charge is 0.162 e. The maximum atomic E-state index is 6.17. The van der Waals surface area contributed by atoms with Crippen LogP contribution >= 0.6 is 23.4 Å². The molecule has 1 aliphatic heterocycles. The number of halogens is 1. The molecular weight excluding hydrogens is 294 g/mol. The zero-order valence-corrected chi connectivity index (χ0v) is 12.3. The molecule has 0 saturated heterocycles. The van der Waals surface area contributed by atoms with Gasteiger partial charge in [-0.1, -0.05) is 29.4 Å². The average Bonchev–Trinajstić information content (AvgIpc) is 2.47. The van der Waals surface area contributed by atoms with Gasteiger partial charge in [-0.25, -0.2) is 0 Å². The van der Waals surface area contributed by atoms with Gasteiger partial charge in [-0.3, -0.25) is 0 Å². The van der Waals surface area contributed by atoms with E-state index in [1.165, 1.54) is 0 Å². The summed E-state index contributed by atoms with van der Waals surface area (Å²) in [7, 11) is 0. The predicted octanol–water partition coefficient (Wildman–Crippen LogP) is 3.72. The van der Waals surface area contributed by atoms with Gasteiger partial charge in [-0.05, 0) is 35.9 Å². The van der Waals surface area contributed by atoms with Crippen LogP contribution in [0.15, 0.2) is 46.2 Å². The molecule has 0 fully saturated rings. The Morgan fingerprint density at radius 3 is 2.70 bits per heavy atom. The fraction of sp³-hybridized carbons (Fsp3) is 0.200. The highest BCUT2D eigenvalue weighted by atomic mass is 35.5. The van der Waals surface area contributed by atoms with E-state index in [4.69, 9.17) is 26.8 Å². The summed E-state index contributed by atoms with van der Waals surface area (Å²) in [5.74, 6) is 1.59. The van der Waals surface area contributed by atoms with Crippen LogP contribution in [0.5, 0.6) is 11.5 Å². The largest absolute Gasteiger partial charge is 0.486 e. The Labute approximate surface area is 127 Å². The van der Waals surface area contributed by atoms with E-state index in [9.17, 15) is 0 Å². The molecule has 104 valence electrons. The number of hydrogen-bond acceptors (Lipinski definition) is 4. The topological polar surface area (TPSA) is 44.5 Å². The van der Waals surface area contributed by atoms with Crippen LogP contribution < -0.4 is 15.2 Å². The van der Waals surface area contributed by atoms with Crippen LogP contribution in [0.4, 0.5) is 0 Å². The number of benzene rings is 2. The highest BCUT2D eigenvalue weighted by Gasteiger charge is 2.13. The first-order valence-electron chi connectivity index (χ1n) is 6.33. The predicted molar refractivity (Wildman–Crippen MR) is 80.9 cm³/mol. The molecule has 2 N–H and O–H groups in total. The second-order valence-electron chi connectivity index (χ2n) is 4.33. The number of rotatable bonds is 3. The van der Waals surface area contributed by atoms with Crippen molar-refractivity contribution in [3.8, 4) is 11.5 Å². The normalized spacial score (nSPS) is 13.3. The van der Waals surface area contributed by atoms with Crippen LogP contribution in [-0.2, 0) is 6.54 Å². The zero-order chi connectivity index (χ0) is 13.9. The minimum atomic E-state index is 0.423. The molecule has 0 unspecified atom stereocenters. The Morgan fingerprint density at radius 1 is 1.10 bits per heavy atom. The molecule has 2 aromatic carbocycles. The third-order valence-electron chi connectivity index (χ3n) is 3.02. The summed E-state index contributed by atoms with van der Waals surface area (Å²) in [6.07, 6.45) is 0. The van der Waals surface area contributed by atoms with Crippen molar-refractivity contribution in [2.24, 2.45) is 5.73 Å². The van der Waals surface area contributed by atoms with E-state index in [1.54, 1.807) is 11.8 Å². The van der Waals surface area contributed by atoms with Crippen LogP contribution in [0, 0.1) is 0 Å². The molecule has 1 heterocycles. The van der Waals surface area contributed by atoms with E-state index >= 15 is 0 Å². The molecule has 0 aromatic heterocycles. The lowest BCUT2D eigenvalue weighted by Gasteiger charge is -2.19. The van der Waals surface area contributed by atoms with Crippen molar-refractivity contribution in [2.45, 2.75) is 16.3 Å². The van der Waals surface area contributed by atoms with E-state index in [2.05, 4.69) is 0 Å². The first-order valence-corrected chi connectivity index (χ1v) is 7.52. The van der Waals surface area contributed by atoms with Crippen molar-refractivity contribution in [2.75, 3.05) is 13.2 Å². The van der Waals surface area contributed by atoms with Crippen molar-refractivity contribution in [1.29, 1.82) is 0 Å². The van der Waals surface area contributed by atoms with Gasteiger partial charge in [0.1, 0.15) is 13.2 Å². The lowest BCUT2D eigenvalue weighted by molar-refractivity contribution is 0.171. The third-order valence-corrected chi connectivity index (χ3v) is 4.47. The Kier molecular flexibility index (Phi) is 4.05. The van der Waals surface area contributed by atoms with Crippen molar-refractivity contribution in [3.05, 3.63) is 47.0 Å². The Bertz CT molecular complexity index is 633. The van der Waals surface area contributed by atoms with Crippen LogP contribution in [0.25, 0.3) is 0 Å². The standard InChI is InChI=1S/C15H14ClNO2S/c16-12-2-1-3-15(11(12)9-17)20-10-4-5-13-14(8-10)19-7-6-18-13/h1-5,8H,6-7,9,17H2. The number of hydrogen-bond donors (Lipinski definition) is 1. The van der Waals surface area contributed by atoms with Crippen LogP contribution in [0.3, 0.4) is 0 Å². The SMILES string of the molecule is NCc1c(Cl)cccc1Sc1ccc2c(c1)OCCO2. The summed E-state index contributed by atoms with van der Waals surface area (Å²) in [4.78, 5) is 2.14. The first-order chi connectivity index (χ1) is 9.78. The molecule has 3 rings (SSSR count). The second kappa shape index (κ2) is 5.95. The van der Waals surface area contributed by atoms with Gasteiger partial charge in [-0.2, -0.15) is 0 Å². The molecule has 0 bridgehead atoms. The number of fused-ring (bicyclic) bond motifs is 1. The molecule has 5 heteroatoms. The van der Waals surface area contributed by atoms with Gasteiger partial charge in [0.2, 0.25) is 0 Å². The zero-order valence-electron chi connectivity index (χ0n) is 10.8. The number of nitrogens with two attached hydrogens (primary N) is 1. The van der Waals surface area contributed by atoms with Crippen molar-refractivity contribution in [3.63, 3.8) is 0 Å². The van der Waals surface area contributed by atoms with Gasteiger partial charge < -0.3 is 15.2 Å². The molecule has 0 spiro atoms. The van der Waals surface area contributed by atoms with Gasteiger partial charge in [-0.15, -0.1) is 0 Å². The lowest BCUT2D eigenvalue weighted by Crippen LogP contribution is -2.15. The van der Waals surface area contributed by atoms with E-state index in [-0.39, 0.29) is 0 Å². The van der Waals surface area contributed by atoms with E-state index in [1.807, 2.05) is 36.4 Å². The Hall–Kier alpha value is -1.36. The van der Waals surface area contributed by atoms with Gasteiger partial charge in [0.15, 0.2) is 11.5 Å². The molecule has 0 radical (unpaired) electrons. The maximum Gasteiger partial charge on any atom is 0.162 e. The summed E-state index contributed by atoms with van der Waals surface area (Å²) in [5.41, 5.74) is 6.74. The Balaban J connectivity index is 1.90. The van der Waals surface area contributed by atoms with Gasteiger partial charge in [0, 0.05) is 21.4 Å². The average molecular weight is 308 g/mol. The summed E-state index contributed by atoms with van der Waals surface area (Å²) in [5, 5.41) is 0.704. The van der Waals surface area contributed by atoms with Crippen molar-refractivity contribution < 1.29 is 9.47 Å². The molecule has 0 saturated carbocycles. The van der Waals surface area contributed by atoms with Gasteiger partial charge in [0.05, 0.1) is 0 Å². The fourth-order valence-electron chi connectivity index (χ4n) is 2.05. The second-order valence-corrected chi connectivity index (χ2v) is 5.85. The third kappa shape index (κ3) is 2.73. The van der Waals surface area contributed by atoms with E-state index < -0.39 is 0 Å². The summed E-state index contributed by atoms with van der Waals surface area (Å²) in [6, 6.07) is 11.7. The van der Waals surface area contributed by atoms with Gasteiger partial charge in [0.25, 0.3) is 0 Å². The van der Waals surface area contributed by atoms with Crippen molar-refractivity contribution >= 4 is 23.4 Å². The van der Waals surface area contributed by atoms with E-state index in [0.717, 1.165) is 26.9 Å². The monoisotopic (exact) mass is 307 g/mol. The minimum Gasteiger partial charge on any atom is -0.486 e. The first kappa shape index (κ1) is 13.6. The van der Waals surface area contributed by atoms with Crippen LogP contribution in [0.2, 0.25) is 5.02 Å². The van der Waals surface area contributed by atoms with Crippen molar-refractivity contribution in [1.82, 2.24) is 0 Å². The molecule has 0 amide bonds. The molecule has 1 aliphatic rings. The highest BCUT2D eigenvalue weighted by Crippen LogP contribution is 2.38. The summed E-state index contributed by atoms with van der Waals surface area (Å²) in [6.45, 7) is 1.62. The quantitative estimate of drug-likeness (QED) is 0.938. The minimum absolute atomic E-state index is 0.423. The lowest BCUT2D eigenvalue weighted by atomic mass is 10.2. The van der Waals surface area contributed by atoms with Crippen LogP contribution in [-0.4, -0.2) is 13.2 Å². The molecule has 0 atom stereocenters. The highest BCUT2D eigenvalue weighted by molar-refractivity contribution is 7.99. The Morgan fingerprint density at radius 2 is 1.90 bits per heavy atom. The molecular formula is C15H14ClNO2S. The molecule has 20 heavy (non-hydrogen) atoms. The summed E-state index contributed by atoms with van der Waals surface area (Å²) < 4.78 is 11.1. The molecule has 2 aromatic rings. The van der Waals surface area contributed by atoms with E-state index in [0.29, 0.717) is 24.8 Å².